The lowest BCUT2D eigenvalue weighted by atomic mass is 10.3. The number of carbonyl (C=O) groups is 2. The fraction of sp³-hybridized carbons (Fsp3) is 0.143. The molecule has 0 spiro atoms. The summed E-state index contributed by atoms with van der Waals surface area (Å²) in [4.78, 5) is 24.9. The minimum atomic E-state index is -0.769. The highest BCUT2D eigenvalue weighted by atomic mass is 16.3. The maximum atomic E-state index is 11.9. The zero-order valence-electron chi connectivity index (χ0n) is 10.5. The largest absolute Gasteiger partial charge is 0.508 e. The van der Waals surface area contributed by atoms with E-state index in [2.05, 4.69) is 18.5 Å². The first-order valence-electron chi connectivity index (χ1n) is 5.69. The predicted octanol–water partition coefficient (Wildman–Crippen LogP) is 1.53. The van der Waals surface area contributed by atoms with Crippen molar-refractivity contribution in [3.05, 3.63) is 49.6 Å². The zero-order chi connectivity index (χ0) is 14.3. The standard InChI is InChI=1S/C14H16N2O3/c1-3-8-16(9-4-2)14(19)13(18)15-11-6-5-7-12(17)10-11/h3-7,10,17H,1-2,8-9H2,(H,15,18). The summed E-state index contributed by atoms with van der Waals surface area (Å²) in [6.45, 7) is 7.58. The van der Waals surface area contributed by atoms with Gasteiger partial charge in [0.05, 0.1) is 0 Å². The third-order valence-corrected chi connectivity index (χ3v) is 2.28. The highest BCUT2D eigenvalue weighted by Crippen LogP contribution is 2.15. The molecule has 0 bridgehead atoms. The molecule has 0 atom stereocenters. The molecule has 0 saturated carbocycles. The lowest BCUT2D eigenvalue weighted by Crippen LogP contribution is -2.39. The Kier molecular flexibility index (Phi) is 5.35. The summed E-state index contributed by atoms with van der Waals surface area (Å²) >= 11 is 0. The van der Waals surface area contributed by atoms with Gasteiger partial charge in [-0.3, -0.25) is 9.59 Å². The molecule has 0 fully saturated rings. The van der Waals surface area contributed by atoms with Gasteiger partial charge in [-0.05, 0) is 12.1 Å². The van der Waals surface area contributed by atoms with Gasteiger partial charge in [-0.2, -0.15) is 0 Å². The van der Waals surface area contributed by atoms with Gasteiger partial charge in [-0.1, -0.05) is 18.2 Å². The zero-order valence-corrected chi connectivity index (χ0v) is 10.5. The number of hydrogen-bond donors (Lipinski definition) is 2. The number of rotatable bonds is 5. The van der Waals surface area contributed by atoms with Crippen molar-refractivity contribution in [3.8, 4) is 5.75 Å². The van der Waals surface area contributed by atoms with Gasteiger partial charge in [0, 0.05) is 24.8 Å². The second-order valence-corrected chi connectivity index (χ2v) is 3.79. The summed E-state index contributed by atoms with van der Waals surface area (Å²) in [7, 11) is 0. The van der Waals surface area contributed by atoms with Gasteiger partial charge in [-0.25, -0.2) is 0 Å². The van der Waals surface area contributed by atoms with E-state index in [4.69, 9.17) is 0 Å². The van der Waals surface area contributed by atoms with Crippen LogP contribution in [0.2, 0.25) is 0 Å². The Labute approximate surface area is 111 Å². The molecule has 5 heteroatoms. The molecule has 2 amide bonds. The Balaban J connectivity index is 2.73. The number of phenols is 1. The maximum absolute atomic E-state index is 11.9. The molecule has 0 aliphatic heterocycles. The topological polar surface area (TPSA) is 69.6 Å². The molecule has 2 N–H and O–H groups in total. The molecule has 1 aromatic rings. The number of phenolic OH excluding ortho intramolecular Hbond substituents is 1. The van der Waals surface area contributed by atoms with Crippen LogP contribution in [0.15, 0.2) is 49.6 Å². The van der Waals surface area contributed by atoms with Crippen LogP contribution in [0.5, 0.6) is 5.75 Å². The van der Waals surface area contributed by atoms with Crippen LogP contribution >= 0.6 is 0 Å². The Morgan fingerprint density at radius 2 is 1.89 bits per heavy atom. The number of amides is 2. The van der Waals surface area contributed by atoms with E-state index in [0.717, 1.165) is 0 Å². The van der Waals surface area contributed by atoms with Crippen LogP contribution in [0.3, 0.4) is 0 Å². The number of aromatic hydroxyl groups is 1. The van der Waals surface area contributed by atoms with E-state index in [0.29, 0.717) is 5.69 Å². The SMILES string of the molecule is C=CCN(CC=C)C(=O)C(=O)Nc1cccc(O)c1. The molecule has 100 valence electrons. The number of nitrogens with one attached hydrogen (secondary N) is 1. The third kappa shape index (κ3) is 4.31. The highest BCUT2D eigenvalue weighted by Gasteiger charge is 2.20. The molecule has 5 nitrogen and oxygen atoms in total. The molecule has 0 unspecified atom stereocenters. The first kappa shape index (κ1) is 14.5. The molecule has 0 radical (unpaired) electrons. The van der Waals surface area contributed by atoms with Crippen molar-refractivity contribution < 1.29 is 14.7 Å². The smallest absolute Gasteiger partial charge is 0.313 e. The molecule has 0 aromatic heterocycles. The summed E-state index contributed by atoms with van der Waals surface area (Å²) in [6.07, 6.45) is 3.06. The first-order valence-corrected chi connectivity index (χ1v) is 5.69. The van der Waals surface area contributed by atoms with E-state index in [-0.39, 0.29) is 18.8 Å². The Hall–Kier alpha value is -2.56. The first-order chi connectivity index (χ1) is 9.08. The Morgan fingerprint density at radius 3 is 2.42 bits per heavy atom. The number of nitrogens with zero attached hydrogens (tertiary/aromatic N) is 1. The normalized spacial score (nSPS) is 9.47. The van der Waals surface area contributed by atoms with Crippen LogP contribution in [0.1, 0.15) is 0 Å². The number of hydrogen-bond acceptors (Lipinski definition) is 3. The molecule has 0 saturated heterocycles. The highest BCUT2D eigenvalue weighted by molar-refractivity contribution is 6.39. The fourth-order valence-electron chi connectivity index (χ4n) is 1.46. The van der Waals surface area contributed by atoms with E-state index in [1.807, 2.05) is 0 Å². The summed E-state index contributed by atoms with van der Waals surface area (Å²) in [5.74, 6) is -1.43. The second-order valence-electron chi connectivity index (χ2n) is 3.79. The lowest BCUT2D eigenvalue weighted by Gasteiger charge is -2.18. The molecule has 0 aliphatic carbocycles. The van der Waals surface area contributed by atoms with Gasteiger partial charge in [0.2, 0.25) is 0 Å². The van der Waals surface area contributed by atoms with E-state index >= 15 is 0 Å². The number of anilines is 1. The molecule has 0 heterocycles. The second kappa shape index (κ2) is 7.00. The maximum Gasteiger partial charge on any atom is 0.313 e. The third-order valence-electron chi connectivity index (χ3n) is 2.28. The summed E-state index contributed by atoms with van der Waals surface area (Å²) in [6, 6.07) is 5.98. The molecule has 1 rings (SSSR count). The van der Waals surface area contributed by atoms with Gasteiger partial charge in [-0.15, -0.1) is 13.2 Å². The minimum Gasteiger partial charge on any atom is -0.508 e. The average Bonchev–Trinajstić information content (AvgIpc) is 2.37. The van der Waals surface area contributed by atoms with Crippen LogP contribution in [0.4, 0.5) is 5.69 Å². The average molecular weight is 260 g/mol. The van der Waals surface area contributed by atoms with Gasteiger partial charge >= 0.3 is 11.8 Å². The van der Waals surface area contributed by atoms with Crippen LogP contribution in [0, 0.1) is 0 Å². The molecular weight excluding hydrogens is 244 g/mol. The van der Waals surface area contributed by atoms with Crippen LogP contribution in [0.25, 0.3) is 0 Å². The van der Waals surface area contributed by atoms with E-state index < -0.39 is 11.8 Å². The van der Waals surface area contributed by atoms with Crippen molar-refractivity contribution >= 4 is 17.5 Å². The summed E-state index contributed by atoms with van der Waals surface area (Å²) < 4.78 is 0. The van der Waals surface area contributed by atoms with Crippen molar-refractivity contribution in [3.63, 3.8) is 0 Å². The van der Waals surface area contributed by atoms with Gasteiger partial charge in [0.1, 0.15) is 5.75 Å². The van der Waals surface area contributed by atoms with Crippen LogP contribution in [-0.4, -0.2) is 34.9 Å². The minimum absolute atomic E-state index is 0.0132. The molecule has 0 aliphatic rings. The fourth-order valence-corrected chi connectivity index (χ4v) is 1.46. The van der Waals surface area contributed by atoms with Gasteiger partial charge in [0.15, 0.2) is 0 Å². The summed E-state index contributed by atoms with van der Waals surface area (Å²) in [5.41, 5.74) is 0.357. The van der Waals surface area contributed by atoms with Crippen molar-refractivity contribution in [1.82, 2.24) is 4.90 Å². The van der Waals surface area contributed by atoms with Crippen molar-refractivity contribution in [2.24, 2.45) is 0 Å². The lowest BCUT2D eigenvalue weighted by molar-refractivity contribution is -0.142. The molecular formula is C14H16N2O3. The quantitative estimate of drug-likeness (QED) is 0.623. The van der Waals surface area contributed by atoms with E-state index in [1.165, 1.54) is 29.2 Å². The van der Waals surface area contributed by atoms with Crippen molar-refractivity contribution in [2.45, 2.75) is 0 Å². The van der Waals surface area contributed by atoms with E-state index in [1.54, 1.807) is 12.1 Å². The van der Waals surface area contributed by atoms with Crippen molar-refractivity contribution in [1.29, 1.82) is 0 Å². The van der Waals surface area contributed by atoms with E-state index in [9.17, 15) is 14.7 Å². The molecule has 19 heavy (non-hydrogen) atoms. The van der Waals surface area contributed by atoms with Crippen molar-refractivity contribution in [2.75, 3.05) is 18.4 Å². The van der Waals surface area contributed by atoms with Gasteiger partial charge < -0.3 is 15.3 Å². The Morgan fingerprint density at radius 1 is 1.26 bits per heavy atom. The van der Waals surface area contributed by atoms with Crippen LogP contribution < -0.4 is 5.32 Å². The monoisotopic (exact) mass is 260 g/mol. The van der Waals surface area contributed by atoms with Crippen LogP contribution in [-0.2, 0) is 9.59 Å². The predicted molar refractivity (Wildman–Crippen MR) is 73.7 cm³/mol. The molecule has 1 aromatic carbocycles. The summed E-state index contributed by atoms with van der Waals surface area (Å²) in [5, 5.41) is 11.7. The van der Waals surface area contributed by atoms with Gasteiger partial charge in [0.25, 0.3) is 0 Å². The Bertz CT molecular complexity index is 487. The number of benzene rings is 1. The number of carbonyl (C=O) groups excluding carboxylic acids is 2.